The van der Waals surface area contributed by atoms with E-state index < -0.39 is 11.6 Å². The van der Waals surface area contributed by atoms with Crippen molar-refractivity contribution in [2.75, 3.05) is 0 Å². The Balaban J connectivity index is 3.04. The second kappa shape index (κ2) is 5.71. The van der Waals surface area contributed by atoms with Gasteiger partial charge in [-0.05, 0) is 38.2 Å². The molecule has 0 bridgehead atoms. The summed E-state index contributed by atoms with van der Waals surface area (Å²) < 4.78 is 5.56. The van der Waals surface area contributed by atoms with Crippen LogP contribution in [0.2, 0.25) is 0 Å². The highest BCUT2D eigenvalue weighted by molar-refractivity contribution is 5.88. The minimum atomic E-state index is -0.836. The first-order valence-corrected chi connectivity index (χ1v) is 6.86. The zero-order valence-corrected chi connectivity index (χ0v) is 13.3. The Bertz CT molecular complexity index is 532. The Hall–Kier alpha value is -1.75. The molecule has 2 heteroatoms. The van der Waals surface area contributed by atoms with Gasteiger partial charge in [0, 0.05) is 5.57 Å². The van der Waals surface area contributed by atoms with Crippen molar-refractivity contribution in [3.63, 3.8) is 0 Å². The van der Waals surface area contributed by atoms with Gasteiger partial charge in [-0.3, -0.25) is 0 Å². The molecule has 0 aliphatic heterocycles. The molecule has 1 aliphatic carbocycles. The van der Waals surface area contributed by atoms with E-state index in [2.05, 4.69) is 52.2 Å². The number of allylic oxidation sites excluding steroid dienone is 2. The summed E-state index contributed by atoms with van der Waals surface area (Å²) in [6, 6.07) is 0. The molecule has 1 aliphatic rings. The van der Waals surface area contributed by atoms with Gasteiger partial charge < -0.3 is 4.74 Å². The Kier molecular flexibility index (Phi) is 4.65. The lowest BCUT2D eigenvalue weighted by Gasteiger charge is -2.35. The second-order valence-corrected chi connectivity index (χ2v) is 6.31. The largest absolute Gasteiger partial charge is 0.437 e. The Morgan fingerprint density at radius 2 is 1.95 bits per heavy atom. The molecule has 0 spiro atoms. The van der Waals surface area contributed by atoms with Crippen molar-refractivity contribution in [3.05, 3.63) is 36.0 Å². The van der Waals surface area contributed by atoms with Gasteiger partial charge in [-0.15, -0.1) is 0 Å². The summed E-state index contributed by atoms with van der Waals surface area (Å²) in [5.74, 6) is 5.58. The van der Waals surface area contributed by atoms with E-state index in [4.69, 9.17) is 4.74 Å². The summed E-state index contributed by atoms with van der Waals surface area (Å²) >= 11 is 0. The van der Waals surface area contributed by atoms with Gasteiger partial charge in [0.1, 0.15) is 0 Å². The average Bonchev–Trinajstić information content (AvgIpc) is 2.32. The molecule has 0 aromatic carbocycles. The monoisotopic (exact) mass is 272 g/mol. The van der Waals surface area contributed by atoms with Crippen molar-refractivity contribution in [2.45, 2.75) is 47.1 Å². The van der Waals surface area contributed by atoms with Crippen LogP contribution in [0.4, 0.5) is 0 Å². The summed E-state index contributed by atoms with van der Waals surface area (Å²) in [6.45, 7) is 15.7. The predicted octanol–water partition coefficient (Wildman–Crippen LogP) is 4.05. The third-order valence-corrected chi connectivity index (χ3v) is 3.51. The number of carbonyl (C=O) groups excluding carboxylic acids is 1. The molecule has 0 fully saturated rings. The van der Waals surface area contributed by atoms with Crippen molar-refractivity contribution in [1.29, 1.82) is 0 Å². The molecule has 0 N–H and O–H groups in total. The van der Waals surface area contributed by atoms with Crippen molar-refractivity contribution in [3.8, 4) is 11.8 Å². The molecule has 108 valence electrons. The number of hydrogen-bond acceptors (Lipinski definition) is 2. The van der Waals surface area contributed by atoms with Gasteiger partial charge in [0.05, 0.1) is 5.92 Å². The Morgan fingerprint density at radius 1 is 1.35 bits per heavy atom. The molecular formula is C18H24O2. The van der Waals surface area contributed by atoms with E-state index >= 15 is 0 Å². The van der Waals surface area contributed by atoms with Crippen LogP contribution in [0.15, 0.2) is 36.0 Å². The summed E-state index contributed by atoms with van der Waals surface area (Å²) in [4.78, 5) is 11.8. The standard InChI is InChI=1S/C18H24O2/c1-8-10-18(20-16(19)13(2)3)11-9-15(18)12-14(4)17(5,6)7/h8,10,12,15H,2H2,1,3-7H3/b10-8-,14-12+. The van der Waals surface area contributed by atoms with E-state index in [1.165, 1.54) is 5.57 Å². The van der Waals surface area contributed by atoms with E-state index in [0.29, 0.717) is 5.57 Å². The maximum Gasteiger partial charge on any atom is 0.334 e. The van der Waals surface area contributed by atoms with E-state index in [0.717, 1.165) is 0 Å². The van der Waals surface area contributed by atoms with E-state index in [9.17, 15) is 4.79 Å². The SMILES string of the molecule is C=C(C)C(=O)OC1(/C=C\C)C#CC1/C=C(\C)C(C)(C)C. The molecule has 2 atom stereocenters. The molecule has 1 rings (SSSR count). The van der Waals surface area contributed by atoms with Crippen LogP contribution < -0.4 is 0 Å². The molecule has 0 radical (unpaired) electrons. The summed E-state index contributed by atoms with van der Waals surface area (Å²) in [5.41, 5.74) is 0.865. The molecule has 0 saturated heterocycles. The fourth-order valence-electron chi connectivity index (χ4n) is 1.72. The van der Waals surface area contributed by atoms with Crippen LogP contribution >= 0.6 is 0 Å². The van der Waals surface area contributed by atoms with E-state index in [1.807, 2.05) is 19.1 Å². The Morgan fingerprint density at radius 3 is 2.30 bits per heavy atom. The molecular weight excluding hydrogens is 248 g/mol. The van der Waals surface area contributed by atoms with Gasteiger partial charge in [0.15, 0.2) is 0 Å². The molecule has 20 heavy (non-hydrogen) atoms. The van der Waals surface area contributed by atoms with Gasteiger partial charge in [0.2, 0.25) is 5.60 Å². The smallest absolute Gasteiger partial charge is 0.334 e. The highest BCUT2D eigenvalue weighted by atomic mass is 16.6. The third kappa shape index (κ3) is 3.42. The molecule has 0 saturated carbocycles. The second-order valence-electron chi connectivity index (χ2n) is 6.31. The van der Waals surface area contributed by atoms with Crippen LogP contribution in [0.3, 0.4) is 0 Å². The molecule has 0 aromatic heterocycles. The highest BCUT2D eigenvalue weighted by Gasteiger charge is 2.42. The molecule has 0 amide bonds. The van der Waals surface area contributed by atoms with Crippen molar-refractivity contribution >= 4 is 5.97 Å². The zero-order valence-electron chi connectivity index (χ0n) is 13.3. The fraction of sp³-hybridized carbons (Fsp3) is 0.500. The highest BCUT2D eigenvalue weighted by Crippen LogP contribution is 2.35. The number of rotatable bonds is 4. The summed E-state index contributed by atoms with van der Waals surface area (Å²) in [5, 5.41) is 0. The maximum absolute atomic E-state index is 11.8. The van der Waals surface area contributed by atoms with Crippen LogP contribution in [0.1, 0.15) is 41.5 Å². The normalized spacial score (nSPS) is 25.7. The van der Waals surface area contributed by atoms with Gasteiger partial charge in [-0.2, -0.15) is 0 Å². The quantitative estimate of drug-likeness (QED) is 0.334. The van der Waals surface area contributed by atoms with Gasteiger partial charge >= 0.3 is 5.97 Å². The lowest BCUT2D eigenvalue weighted by molar-refractivity contribution is -0.148. The van der Waals surface area contributed by atoms with Crippen LogP contribution in [-0.4, -0.2) is 11.6 Å². The van der Waals surface area contributed by atoms with Crippen LogP contribution in [-0.2, 0) is 9.53 Å². The number of hydrogen-bond donors (Lipinski definition) is 0. The van der Waals surface area contributed by atoms with Crippen molar-refractivity contribution in [1.82, 2.24) is 0 Å². The number of ether oxygens (including phenoxy) is 1. The first-order chi connectivity index (χ1) is 9.12. The van der Waals surface area contributed by atoms with Gasteiger partial charge in [0.25, 0.3) is 0 Å². The molecule has 0 heterocycles. The first kappa shape index (κ1) is 16.3. The third-order valence-electron chi connectivity index (χ3n) is 3.51. The van der Waals surface area contributed by atoms with Crippen LogP contribution in [0.25, 0.3) is 0 Å². The van der Waals surface area contributed by atoms with Crippen LogP contribution in [0, 0.1) is 23.2 Å². The van der Waals surface area contributed by atoms with E-state index in [-0.39, 0.29) is 11.3 Å². The summed E-state index contributed by atoms with van der Waals surface area (Å²) in [7, 11) is 0. The predicted molar refractivity (Wildman–Crippen MR) is 82.9 cm³/mol. The minimum absolute atomic E-state index is 0.0807. The number of esters is 1. The zero-order chi connectivity index (χ0) is 15.6. The lowest BCUT2D eigenvalue weighted by atomic mass is 9.76. The molecule has 2 unspecified atom stereocenters. The molecule has 2 nitrogen and oxygen atoms in total. The van der Waals surface area contributed by atoms with Gasteiger partial charge in [-0.1, -0.05) is 51.0 Å². The lowest BCUT2D eigenvalue weighted by Crippen LogP contribution is -2.44. The average molecular weight is 272 g/mol. The van der Waals surface area contributed by atoms with E-state index in [1.54, 1.807) is 6.92 Å². The maximum atomic E-state index is 11.8. The topological polar surface area (TPSA) is 26.3 Å². The van der Waals surface area contributed by atoms with Crippen molar-refractivity contribution in [2.24, 2.45) is 11.3 Å². The van der Waals surface area contributed by atoms with Gasteiger partial charge in [-0.25, -0.2) is 4.79 Å². The molecule has 0 aromatic rings. The minimum Gasteiger partial charge on any atom is -0.437 e. The first-order valence-electron chi connectivity index (χ1n) is 6.86. The fourth-order valence-corrected chi connectivity index (χ4v) is 1.72. The van der Waals surface area contributed by atoms with Crippen LogP contribution in [0.5, 0.6) is 0 Å². The summed E-state index contributed by atoms with van der Waals surface area (Å²) in [6.07, 6.45) is 5.82. The number of carbonyl (C=O) groups is 1. The Labute approximate surface area is 122 Å². The van der Waals surface area contributed by atoms with Crippen molar-refractivity contribution < 1.29 is 9.53 Å².